The van der Waals surface area contributed by atoms with Crippen molar-refractivity contribution in [1.82, 2.24) is 10.2 Å². The Bertz CT molecular complexity index is 539. The standard InChI is InChI=1S/C11H8ClN3OS/c12-9-4-2-1-3-8(9)5-6-10(16)14-11-15-13-7-17-11/h1-7H,(H,14,15,16)/b6-5+. The van der Waals surface area contributed by atoms with Crippen LogP contribution in [0.3, 0.4) is 0 Å². The van der Waals surface area contributed by atoms with Gasteiger partial charge in [-0.2, -0.15) is 0 Å². The van der Waals surface area contributed by atoms with Gasteiger partial charge in [-0.3, -0.25) is 10.1 Å². The maximum absolute atomic E-state index is 11.5. The number of carbonyl (C=O) groups is 1. The zero-order chi connectivity index (χ0) is 12.1. The molecule has 1 amide bonds. The quantitative estimate of drug-likeness (QED) is 0.869. The highest BCUT2D eigenvalue weighted by Gasteiger charge is 2.00. The van der Waals surface area contributed by atoms with Crippen molar-refractivity contribution in [3.05, 3.63) is 46.4 Å². The molecule has 86 valence electrons. The Labute approximate surface area is 107 Å². The van der Waals surface area contributed by atoms with Gasteiger partial charge in [0.1, 0.15) is 5.51 Å². The predicted molar refractivity (Wildman–Crippen MR) is 69.0 cm³/mol. The van der Waals surface area contributed by atoms with Crippen LogP contribution in [0.15, 0.2) is 35.9 Å². The van der Waals surface area contributed by atoms with E-state index in [0.29, 0.717) is 10.2 Å². The Morgan fingerprint density at radius 2 is 2.24 bits per heavy atom. The first-order valence-electron chi connectivity index (χ1n) is 4.75. The number of aromatic nitrogens is 2. The number of anilines is 1. The highest BCUT2D eigenvalue weighted by Crippen LogP contribution is 2.16. The fourth-order valence-electron chi connectivity index (χ4n) is 1.15. The number of benzene rings is 1. The molecule has 17 heavy (non-hydrogen) atoms. The molecule has 0 radical (unpaired) electrons. The second-order valence-electron chi connectivity index (χ2n) is 3.09. The van der Waals surface area contributed by atoms with Crippen molar-refractivity contribution in [3.63, 3.8) is 0 Å². The number of rotatable bonds is 3. The lowest BCUT2D eigenvalue weighted by Crippen LogP contribution is -2.07. The summed E-state index contributed by atoms with van der Waals surface area (Å²) in [6.45, 7) is 0. The molecule has 4 nitrogen and oxygen atoms in total. The topological polar surface area (TPSA) is 54.9 Å². The Kier molecular flexibility index (Phi) is 3.85. The summed E-state index contributed by atoms with van der Waals surface area (Å²) >= 11 is 7.21. The Hall–Kier alpha value is -1.72. The van der Waals surface area contributed by atoms with E-state index in [2.05, 4.69) is 15.5 Å². The van der Waals surface area contributed by atoms with Gasteiger partial charge in [0.25, 0.3) is 0 Å². The third-order valence-corrected chi connectivity index (χ3v) is 2.86. The number of halogens is 1. The van der Waals surface area contributed by atoms with Gasteiger partial charge in [-0.25, -0.2) is 0 Å². The normalized spacial score (nSPS) is 10.6. The molecule has 2 aromatic rings. The van der Waals surface area contributed by atoms with Crippen LogP contribution in [-0.2, 0) is 4.79 Å². The van der Waals surface area contributed by atoms with Gasteiger partial charge in [-0.15, -0.1) is 10.2 Å². The summed E-state index contributed by atoms with van der Waals surface area (Å²) in [5, 5.41) is 11.0. The zero-order valence-electron chi connectivity index (χ0n) is 8.63. The van der Waals surface area contributed by atoms with E-state index in [-0.39, 0.29) is 5.91 Å². The molecule has 2 rings (SSSR count). The van der Waals surface area contributed by atoms with Crippen molar-refractivity contribution in [2.45, 2.75) is 0 Å². The molecule has 0 atom stereocenters. The second-order valence-corrected chi connectivity index (χ2v) is 4.33. The van der Waals surface area contributed by atoms with Gasteiger partial charge < -0.3 is 0 Å². The number of hydrogen-bond acceptors (Lipinski definition) is 4. The van der Waals surface area contributed by atoms with E-state index in [4.69, 9.17) is 11.6 Å². The molecule has 0 aliphatic rings. The van der Waals surface area contributed by atoms with Gasteiger partial charge in [0.15, 0.2) is 0 Å². The van der Waals surface area contributed by atoms with Crippen LogP contribution >= 0.6 is 22.9 Å². The lowest BCUT2D eigenvalue weighted by molar-refractivity contribution is -0.111. The highest BCUT2D eigenvalue weighted by molar-refractivity contribution is 7.13. The molecule has 0 fully saturated rings. The van der Waals surface area contributed by atoms with E-state index >= 15 is 0 Å². The van der Waals surface area contributed by atoms with Crippen molar-refractivity contribution in [3.8, 4) is 0 Å². The molecule has 0 unspecified atom stereocenters. The largest absolute Gasteiger partial charge is 0.297 e. The summed E-state index contributed by atoms with van der Waals surface area (Å²) in [6.07, 6.45) is 3.06. The van der Waals surface area contributed by atoms with E-state index in [1.54, 1.807) is 17.7 Å². The van der Waals surface area contributed by atoms with E-state index in [0.717, 1.165) is 5.56 Å². The fraction of sp³-hybridized carbons (Fsp3) is 0. The minimum atomic E-state index is -0.262. The molecule has 0 spiro atoms. The van der Waals surface area contributed by atoms with Crippen LogP contribution < -0.4 is 5.32 Å². The van der Waals surface area contributed by atoms with Crippen molar-refractivity contribution in [1.29, 1.82) is 0 Å². The van der Waals surface area contributed by atoms with E-state index in [1.807, 2.05) is 18.2 Å². The van der Waals surface area contributed by atoms with Crippen molar-refractivity contribution in [2.24, 2.45) is 0 Å². The summed E-state index contributed by atoms with van der Waals surface area (Å²) in [7, 11) is 0. The van der Waals surface area contributed by atoms with Crippen molar-refractivity contribution in [2.75, 3.05) is 5.32 Å². The Morgan fingerprint density at radius 1 is 1.41 bits per heavy atom. The Balaban J connectivity index is 2.01. The minimum absolute atomic E-state index is 0.262. The number of hydrogen-bond donors (Lipinski definition) is 1. The van der Waals surface area contributed by atoms with E-state index in [9.17, 15) is 4.79 Å². The molecule has 0 saturated carbocycles. The molecule has 1 N–H and O–H groups in total. The molecule has 1 aromatic heterocycles. The minimum Gasteiger partial charge on any atom is -0.297 e. The molecular weight excluding hydrogens is 258 g/mol. The number of nitrogens with one attached hydrogen (secondary N) is 1. The van der Waals surface area contributed by atoms with Crippen LogP contribution in [0.5, 0.6) is 0 Å². The summed E-state index contributed by atoms with van der Waals surface area (Å²) in [6, 6.07) is 7.29. The summed E-state index contributed by atoms with van der Waals surface area (Å²) < 4.78 is 0. The first-order valence-corrected chi connectivity index (χ1v) is 6.01. The maximum Gasteiger partial charge on any atom is 0.250 e. The lowest BCUT2D eigenvalue weighted by Gasteiger charge is -1.97. The molecule has 1 aromatic carbocycles. The number of amides is 1. The summed E-state index contributed by atoms with van der Waals surface area (Å²) in [5.41, 5.74) is 2.34. The highest BCUT2D eigenvalue weighted by atomic mass is 35.5. The van der Waals surface area contributed by atoms with Crippen LogP contribution in [0, 0.1) is 0 Å². The third-order valence-electron chi connectivity index (χ3n) is 1.91. The lowest BCUT2D eigenvalue weighted by atomic mass is 10.2. The van der Waals surface area contributed by atoms with Crippen LogP contribution in [0.25, 0.3) is 6.08 Å². The van der Waals surface area contributed by atoms with Gasteiger partial charge in [0.2, 0.25) is 11.0 Å². The third kappa shape index (κ3) is 3.37. The van der Waals surface area contributed by atoms with Gasteiger partial charge in [0.05, 0.1) is 0 Å². The molecule has 6 heteroatoms. The van der Waals surface area contributed by atoms with Gasteiger partial charge in [-0.1, -0.05) is 41.1 Å². The molecule has 0 saturated heterocycles. The maximum atomic E-state index is 11.5. The van der Waals surface area contributed by atoms with Gasteiger partial charge >= 0.3 is 0 Å². The van der Waals surface area contributed by atoms with Crippen LogP contribution in [-0.4, -0.2) is 16.1 Å². The SMILES string of the molecule is O=C(/C=C/c1ccccc1Cl)Nc1nncs1. The zero-order valence-corrected chi connectivity index (χ0v) is 10.2. The molecule has 0 aliphatic carbocycles. The second kappa shape index (κ2) is 5.56. The molecule has 0 bridgehead atoms. The average molecular weight is 266 g/mol. The van der Waals surface area contributed by atoms with Crippen LogP contribution in [0.4, 0.5) is 5.13 Å². The van der Waals surface area contributed by atoms with Crippen LogP contribution in [0.1, 0.15) is 5.56 Å². The van der Waals surface area contributed by atoms with Crippen molar-refractivity contribution < 1.29 is 4.79 Å². The van der Waals surface area contributed by atoms with Gasteiger partial charge in [0, 0.05) is 11.1 Å². The molecular formula is C11H8ClN3OS. The number of carbonyl (C=O) groups excluding carboxylic acids is 1. The fourth-order valence-corrected chi connectivity index (χ4v) is 1.80. The van der Waals surface area contributed by atoms with Crippen molar-refractivity contribution >= 4 is 40.1 Å². The first-order chi connectivity index (χ1) is 8.25. The summed E-state index contributed by atoms with van der Waals surface area (Å²) in [5.74, 6) is -0.262. The monoisotopic (exact) mass is 265 g/mol. The van der Waals surface area contributed by atoms with E-state index < -0.39 is 0 Å². The smallest absolute Gasteiger partial charge is 0.250 e. The summed E-state index contributed by atoms with van der Waals surface area (Å²) in [4.78, 5) is 11.5. The molecule has 1 heterocycles. The van der Waals surface area contributed by atoms with E-state index in [1.165, 1.54) is 17.4 Å². The van der Waals surface area contributed by atoms with Gasteiger partial charge in [-0.05, 0) is 17.7 Å². The average Bonchev–Trinajstić information content (AvgIpc) is 2.81. The Morgan fingerprint density at radius 3 is 2.94 bits per heavy atom. The predicted octanol–water partition coefficient (Wildman–Crippen LogP) is 2.84. The van der Waals surface area contributed by atoms with Crippen LogP contribution in [0.2, 0.25) is 5.02 Å². The number of nitrogens with zero attached hydrogens (tertiary/aromatic N) is 2. The first kappa shape index (κ1) is 11.8. The molecule has 0 aliphatic heterocycles.